The van der Waals surface area contributed by atoms with Gasteiger partial charge in [-0.3, -0.25) is 0 Å². The number of fused-ring (bicyclic) bond motifs is 3. The number of hydrogen-bond acceptors (Lipinski definition) is 5. The molecule has 8 heteroatoms. The Hall–Kier alpha value is -2.41. The lowest BCUT2D eigenvalue weighted by atomic mass is 9.96. The van der Waals surface area contributed by atoms with E-state index in [2.05, 4.69) is 15.9 Å². The zero-order valence-electron chi connectivity index (χ0n) is 16.3. The average molecular weight is 520 g/mol. The second-order valence-electron chi connectivity index (χ2n) is 7.35. The van der Waals surface area contributed by atoms with Crippen LogP contribution in [0.4, 0.5) is 0 Å². The summed E-state index contributed by atoms with van der Waals surface area (Å²) in [7, 11) is 1.64. The molecule has 158 valence electrons. The van der Waals surface area contributed by atoms with Crippen LogP contribution < -0.4 is 9.47 Å². The van der Waals surface area contributed by atoms with E-state index in [1.807, 2.05) is 47.5 Å². The zero-order valence-corrected chi connectivity index (χ0v) is 19.4. The first-order valence-corrected chi connectivity index (χ1v) is 11.1. The van der Waals surface area contributed by atoms with Crippen molar-refractivity contribution >= 4 is 44.8 Å². The normalized spacial score (nSPS) is 19.4. The van der Waals surface area contributed by atoms with Gasteiger partial charge in [-0.1, -0.05) is 39.1 Å². The molecule has 31 heavy (non-hydrogen) atoms. The van der Waals surface area contributed by atoms with Crippen LogP contribution in [0.25, 0.3) is 0 Å². The fraction of sp³-hybridized carbons (Fsp3) is 0.174. The van der Waals surface area contributed by atoms with Crippen LogP contribution in [0.5, 0.6) is 17.2 Å². The molecule has 0 saturated carbocycles. The van der Waals surface area contributed by atoms with Gasteiger partial charge in [0, 0.05) is 21.5 Å². The first-order valence-electron chi connectivity index (χ1n) is 9.59. The van der Waals surface area contributed by atoms with Crippen molar-refractivity contribution in [2.45, 2.75) is 18.7 Å². The number of halogens is 3. The molecule has 5 nitrogen and oxygen atoms in total. The lowest BCUT2D eigenvalue weighted by molar-refractivity contribution is -0.0203. The summed E-state index contributed by atoms with van der Waals surface area (Å²) in [6, 6.07) is 16.8. The van der Waals surface area contributed by atoms with Gasteiger partial charge in [0.15, 0.2) is 0 Å². The van der Waals surface area contributed by atoms with E-state index in [-0.39, 0.29) is 16.8 Å². The molecule has 0 aliphatic carbocycles. The monoisotopic (exact) mass is 518 g/mol. The molecule has 0 aromatic heterocycles. The van der Waals surface area contributed by atoms with E-state index in [4.69, 9.17) is 37.8 Å². The maximum absolute atomic E-state index is 10.7. The van der Waals surface area contributed by atoms with Gasteiger partial charge in [0.05, 0.1) is 29.4 Å². The third-order valence-corrected chi connectivity index (χ3v) is 6.50. The summed E-state index contributed by atoms with van der Waals surface area (Å²) >= 11 is 16.0. The number of rotatable bonds is 3. The van der Waals surface area contributed by atoms with Gasteiger partial charge in [-0.05, 0) is 60.2 Å². The fourth-order valence-electron chi connectivity index (χ4n) is 4.00. The van der Waals surface area contributed by atoms with Gasteiger partial charge >= 0.3 is 0 Å². The van der Waals surface area contributed by atoms with Crippen molar-refractivity contribution in [3.05, 3.63) is 85.8 Å². The van der Waals surface area contributed by atoms with Crippen LogP contribution in [-0.2, 0) is 0 Å². The maximum Gasteiger partial charge on any atom is 0.217 e. The van der Waals surface area contributed by atoms with Crippen LogP contribution in [0.3, 0.4) is 0 Å². The first kappa shape index (κ1) is 20.5. The van der Waals surface area contributed by atoms with Crippen LogP contribution in [0, 0.1) is 0 Å². The number of phenols is 1. The van der Waals surface area contributed by atoms with Crippen LogP contribution in [-0.4, -0.2) is 22.9 Å². The Balaban J connectivity index is 1.62. The fourth-order valence-corrected chi connectivity index (χ4v) is 4.88. The quantitative estimate of drug-likeness (QED) is 0.417. The Morgan fingerprint density at radius 1 is 1.10 bits per heavy atom. The number of methoxy groups -OCH3 is 1. The molecule has 3 aromatic carbocycles. The van der Waals surface area contributed by atoms with Gasteiger partial charge in [0.1, 0.15) is 17.2 Å². The molecule has 0 fully saturated rings. The van der Waals surface area contributed by atoms with E-state index < -0.39 is 6.23 Å². The predicted molar refractivity (Wildman–Crippen MR) is 124 cm³/mol. The molecule has 2 atom stereocenters. The summed E-state index contributed by atoms with van der Waals surface area (Å²) in [6.45, 7) is 0. The second kappa shape index (κ2) is 7.93. The molecular formula is C23H17BrCl2N2O3. The largest absolute Gasteiger partial charge is 0.506 e. The Kier molecular flexibility index (Phi) is 5.24. The summed E-state index contributed by atoms with van der Waals surface area (Å²) in [5, 5.41) is 18.0. The van der Waals surface area contributed by atoms with Crippen molar-refractivity contribution in [2.24, 2.45) is 5.10 Å². The third-order valence-electron chi connectivity index (χ3n) is 5.50. The summed E-state index contributed by atoms with van der Waals surface area (Å²) in [5.74, 6) is 1.45. The van der Waals surface area contributed by atoms with Crippen molar-refractivity contribution in [3.8, 4) is 17.2 Å². The van der Waals surface area contributed by atoms with Crippen LogP contribution in [0.1, 0.15) is 35.4 Å². The highest BCUT2D eigenvalue weighted by molar-refractivity contribution is 9.10. The smallest absolute Gasteiger partial charge is 0.217 e. The van der Waals surface area contributed by atoms with E-state index >= 15 is 0 Å². The molecule has 0 spiro atoms. The summed E-state index contributed by atoms with van der Waals surface area (Å²) in [5.41, 5.74) is 3.40. The third kappa shape index (κ3) is 3.63. The minimum Gasteiger partial charge on any atom is -0.506 e. The molecule has 0 saturated heterocycles. The minimum absolute atomic E-state index is 0.0662. The van der Waals surface area contributed by atoms with Gasteiger partial charge in [-0.15, -0.1) is 0 Å². The summed E-state index contributed by atoms with van der Waals surface area (Å²) in [6.07, 6.45) is 0.00987. The number of aromatic hydroxyl groups is 1. The summed E-state index contributed by atoms with van der Waals surface area (Å²) in [4.78, 5) is 0. The van der Waals surface area contributed by atoms with Gasteiger partial charge in [-0.25, -0.2) is 5.01 Å². The molecule has 0 radical (unpaired) electrons. The molecule has 0 unspecified atom stereocenters. The zero-order chi connectivity index (χ0) is 21.7. The number of nitrogens with zero attached hydrogens (tertiary/aromatic N) is 2. The number of phenolic OH excluding ortho intramolecular Hbond substituents is 1. The van der Waals surface area contributed by atoms with E-state index in [0.29, 0.717) is 17.0 Å². The molecule has 5 rings (SSSR count). The highest BCUT2D eigenvalue weighted by Crippen LogP contribution is 2.50. The van der Waals surface area contributed by atoms with E-state index in [1.54, 1.807) is 13.2 Å². The number of ether oxygens (including phenoxy) is 2. The molecule has 0 amide bonds. The molecular weight excluding hydrogens is 503 g/mol. The molecule has 2 aliphatic rings. The lowest BCUT2D eigenvalue weighted by Gasteiger charge is -2.38. The Bertz CT molecular complexity index is 1200. The van der Waals surface area contributed by atoms with Gasteiger partial charge in [0.2, 0.25) is 6.23 Å². The Morgan fingerprint density at radius 2 is 1.87 bits per heavy atom. The van der Waals surface area contributed by atoms with Crippen LogP contribution in [0.2, 0.25) is 10.0 Å². The van der Waals surface area contributed by atoms with Gasteiger partial charge in [-0.2, -0.15) is 5.10 Å². The second-order valence-corrected chi connectivity index (χ2v) is 9.11. The van der Waals surface area contributed by atoms with Crippen LogP contribution >= 0.6 is 39.1 Å². The number of benzene rings is 3. The van der Waals surface area contributed by atoms with Crippen molar-refractivity contribution in [1.82, 2.24) is 5.01 Å². The molecule has 2 heterocycles. The minimum atomic E-state index is -0.675. The van der Waals surface area contributed by atoms with E-state index in [9.17, 15) is 5.11 Å². The summed E-state index contributed by atoms with van der Waals surface area (Å²) < 4.78 is 12.5. The molecule has 3 aromatic rings. The highest BCUT2D eigenvalue weighted by atomic mass is 79.9. The topological polar surface area (TPSA) is 54.3 Å². The number of hydrogen-bond donors (Lipinski definition) is 1. The van der Waals surface area contributed by atoms with Crippen molar-refractivity contribution in [3.63, 3.8) is 0 Å². The first-order chi connectivity index (χ1) is 14.9. The Labute approximate surface area is 197 Å². The molecule has 1 N–H and O–H groups in total. The van der Waals surface area contributed by atoms with Crippen molar-refractivity contribution < 1.29 is 14.6 Å². The predicted octanol–water partition coefficient (Wildman–Crippen LogP) is 6.71. The van der Waals surface area contributed by atoms with Crippen molar-refractivity contribution in [2.75, 3.05) is 7.11 Å². The van der Waals surface area contributed by atoms with E-state index in [1.165, 1.54) is 6.07 Å². The SMILES string of the molecule is COc1ccc(C2=NN3[C@@H](C2)c2cc(Br)ccc2O[C@H]3c2cc(Cl)cc(Cl)c2O)cc1. The van der Waals surface area contributed by atoms with Crippen LogP contribution in [0.15, 0.2) is 64.2 Å². The standard InChI is InChI=1S/C23H17BrCl2N2O3/c1-30-15-5-2-12(3-6-15)19-11-20-16-8-13(24)4-7-21(16)31-23(28(20)27-19)17-9-14(25)10-18(26)22(17)29/h2-10,20,23,29H,11H2,1H3/t20-,23-/m0/s1. The average Bonchev–Trinajstić information content (AvgIpc) is 3.22. The molecule has 2 aliphatic heterocycles. The maximum atomic E-state index is 10.7. The Morgan fingerprint density at radius 3 is 2.61 bits per heavy atom. The van der Waals surface area contributed by atoms with Gasteiger partial charge < -0.3 is 14.6 Å². The molecule has 0 bridgehead atoms. The lowest BCUT2D eigenvalue weighted by Crippen LogP contribution is -2.33. The number of hydrazone groups is 1. The van der Waals surface area contributed by atoms with Crippen molar-refractivity contribution in [1.29, 1.82) is 0 Å². The highest BCUT2D eigenvalue weighted by Gasteiger charge is 2.42. The van der Waals surface area contributed by atoms with Gasteiger partial charge in [0.25, 0.3) is 0 Å². The van der Waals surface area contributed by atoms with E-state index in [0.717, 1.165) is 32.8 Å².